The molecule has 10 nitrogen and oxygen atoms in total. The summed E-state index contributed by atoms with van der Waals surface area (Å²) in [7, 11) is 1.62. The summed E-state index contributed by atoms with van der Waals surface area (Å²) in [5.41, 5.74) is 1.45. The molecule has 0 atom stereocenters. The van der Waals surface area contributed by atoms with E-state index in [2.05, 4.69) is 20.6 Å². The molecule has 0 aromatic carbocycles. The fraction of sp³-hybridized carbons (Fsp3) is 0.273. The van der Waals surface area contributed by atoms with Crippen LogP contribution in [0.2, 0.25) is 0 Å². The van der Waals surface area contributed by atoms with Crippen LogP contribution in [-0.4, -0.2) is 36.1 Å². The molecule has 2 aromatic rings. The van der Waals surface area contributed by atoms with Crippen LogP contribution in [0, 0.1) is 17.0 Å². The van der Waals surface area contributed by atoms with E-state index in [1.165, 1.54) is 23.7 Å². The molecular formula is C11H12N6O4. The Hall–Kier alpha value is -3.04. The van der Waals surface area contributed by atoms with Gasteiger partial charge in [-0.15, -0.1) is 5.10 Å². The Bertz CT molecular complexity index is 711. The molecular weight excluding hydrogens is 280 g/mol. The van der Waals surface area contributed by atoms with Gasteiger partial charge in [0.15, 0.2) is 0 Å². The van der Waals surface area contributed by atoms with Crippen LogP contribution in [0.4, 0.5) is 10.5 Å². The molecule has 2 N–H and O–H groups in total. The lowest BCUT2D eigenvalue weighted by atomic mass is 10.2. The highest BCUT2D eigenvalue weighted by atomic mass is 16.6. The van der Waals surface area contributed by atoms with Gasteiger partial charge in [0.2, 0.25) is 0 Å². The molecule has 0 unspecified atom stereocenters. The first-order valence-electron chi connectivity index (χ1n) is 5.88. The first-order chi connectivity index (χ1) is 9.90. The minimum absolute atomic E-state index is 0.00584. The summed E-state index contributed by atoms with van der Waals surface area (Å²) in [6.07, 6.45) is -1.17. The number of aromatic nitrogens is 4. The lowest BCUT2D eigenvalue weighted by Crippen LogP contribution is -2.22. The minimum Gasteiger partial charge on any atom is -0.465 e. The Balaban J connectivity index is 2.40. The molecule has 0 aliphatic carbocycles. The lowest BCUT2D eigenvalue weighted by Gasteiger charge is -2.05. The van der Waals surface area contributed by atoms with E-state index in [0.29, 0.717) is 17.1 Å². The summed E-state index contributed by atoms with van der Waals surface area (Å²) in [5, 5.41) is 29.4. The van der Waals surface area contributed by atoms with Crippen molar-refractivity contribution in [3.05, 3.63) is 33.6 Å². The van der Waals surface area contributed by atoms with E-state index in [0.717, 1.165) is 0 Å². The third-order valence-electron chi connectivity index (χ3n) is 2.85. The van der Waals surface area contributed by atoms with Crippen LogP contribution in [0.1, 0.15) is 11.4 Å². The van der Waals surface area contributed by atoms with Crippen molar-refractivity contribution in [2.75, 3.05) is 0 Å². The summed E-state index contributed by atoms with van der Waals surface area (Å²) in [5.74, 6) is 0. The quantitative estimate of drug-likeness (QED) is 0.629. The molecule has 2 rings (SSSR count). The van der Waals surface area contributed by atoms with Crippen LogP contribution < -0.4 is 5.32 Å². The summed E-state index contributed by atoms with van der Waals surface area (Å²) in [6.45, 7) is 1.53. The lowest BCUT2D eigenvalue weighted by molar-refractivity contribution is -0.385. The number of carboxylic acid groups (broad SMARTS) is 1. The van der Waals surface area contributed by atoms with E-state index < -0.39 is 11.0 Å². The number of nitro groups is 1. The van der Waals surface area contributed by atoms with E-state index in [9.17, 15) is 14.9 Å². The summed E-state index contributed by atoms with van der Waals surface area (Å²) >= 11 is 0. The zero-order valence-corrected chi connectivity index (χ0v) is 11.3. The average molecular weight is 292 g/mol. The molecule has 0 fully saturated rings. The Kier molecular flexibility index (Phi) is 3.78. The molecule has 0 bridgehead atoms. The average Bonchev–Trinajstić information content (AvgIpc) is 2.77. The van der Waals surface area contributed by atoms with Gasteiger partial charge < -0.3 is 10.4 Å². The fourth-order valence-electron chi connectivity index (χ4n) is 1.81. The maximum absolute atomic E-state index is 10.8. The summed E-state index contributed by atoms with van der Waals surface area (Å²) < 4.78 is 1.42. The van der Waals surface area contributed by atoms with E-state index in [1.54, 1.807) is 7.05 Å². The highest BCUT2D eigenvalue weighted by Crippen LogP contribution is 2.23. The molecule has 21 heavy (non-hydrogen) atoms. The molecule has 0 aliphatic heterocycles. The Morgan fingerprint density at radius 3 is 2.81 bits per heavy atom. The van der Waals surface area contributed by atoms with Crippen LogP contribution in [0.5, 0.6) is 0 Å². The molecule has 1 amide bonds. The first-order valence-corrected chi connectivity index (χ1v) is 5.88. The van der Waals surface area contributed by atoms with Gasteiger partial charge in [0.25, 0.3) is 5.69 Å². The van der Waals surface area contributed by atoms with Gasteiger partial charge in [-0.25, -0.2) is 14.5 Å². The van der Waals surface area contributed by atoms with Gasteiger partial charge >= 0.3 is 6.09 Å². The van der Waals surface area contributed by atoms with Gasteiger partial charge in [0, 0.05) is 13.1 Å². The monoisotopic (exact) mass is 292 g/mol. The SMILES string of the molecule is Cc1nc(-c2nnn(C)c2CNC(=O)O)ccc1[N+](=O)[O-]. The van der Waals surface area contributed by atoms with Crippen molar-refractivity contribution in [1.82, 2.24) is 25.3 Å². The fourth-order valence-corrected chi connectivity index (χ4v) is 1.81. The Morgan fingerprint density at radius 2 is 2.24 bits per heavy atom. The van der Waals surface area contributed by atoms with Crippen LogP contribution in [-0.2, 0) is 13.6 Å². The normalized spacial score (nSPS) is 10.4. The number of hydrogen-bond acceptors (Lipinski definition) is 6. The number of carbonyl (C=O) groups is 1. The number of nitrogens with one attached hydrogen (secondary N) is 1. The van der Waals surface area contributed by atoms with E-state index in [1.807, 2.05) is 0 Å². The van der Waals surface area contributed by atoms with Crippen molar-refractivity contribution in [2.24, 2.45) is 7.05 Å². The second-order valence-corrected chi connectivity index (χ2v) is 4.23. The molecule has 0 radical (unpaired) electrons. The summed E-state index contributed by atoms with van der Waals surface area (Å²) in [6, 6.07) is 2.79. The molecule has 10 heteroatoms. The largest absolute Gasteiger partial charge is 0.465 e. The topological polar surface area (TPSA) is 136 Å². The van der Waals surface area contributed by atoms with Gasteiger partial charge in [0.05, 0.1) is 22.9 Å². The molecule has 0 saturated heterocycles. The van der Waals surface area contributed by atoms with Gasteiger partial charge in [-0.05, 0) is 13.0 Å². The standard InChI is InChI=1S/C11H12N6O4/c1-6-8(17(20)21)4-3-7(13-6)10-9(5-12-11(18)19)16(2)15-14-10/h3-4,12H,5H2,1-2H3,(H,18,19). The first kappa shape index (κ1) is 14.4. The summed E-state index contributed by atoms with van der Waals surface area (Å²) in [4.78, 5) is 25.0. The van der Waals surface area contributed by atoms with Crippen LogP contribution >= 0.6 is 0 Å². The second kappa shape index (κ2) is 5.53. The van der Waals surface area contributed by atoms with Crippen molar-refractivity contribution < 1.29 is 14.8 Å². The predicted molar refractivity (Wildman–Crippen MR) is 70.5 cm³/mol. The molecule has 0 saturated carbocycles. The number of hydrogen-bond donors (Lipinski definition) is 2. The minimum atomic E-state index is -1.17. The number of amides is 1. The molecule has 0 aliphatic rings. The molecule has 2 heterocycles. The van der Waals surface area contributed by atoms with Crippen LogP contribution in [0.3, 0.4) is 0 Å². The van der Waals surface area contributed by atoms with Gasteiger partial charge in [-0.3, -0.25) is 10.1 Å². The van der Waals surface area contributed by atoms with Crippen LogP contribution in [0.25, 0.3) is 11.4 Å². The highest BCUT2D eigenvalue weighted by Gasteiger charge is 2.18. The Morgan fingerprint density at radius 1 is 1.52 bits per heavy atom. The zero-order valence-electron chi connectivity index (χ0n) is 11.3. The van der Waals surface area contributed by atoms with E-state index >= 15 is 0 Å². The van der Waals surface area contributed by atoms with Gasteiger partial charge in [-0.1, -0.05) is 5.21 Å². The third kappa shape index (κ3) is 2.94. The van der Waals surface area contributed by atoms with Crippen molar-refractivity contribution in [3.63, 3.8) is 0 Å². The van der Waals surface area contributed by atoms with E-state index in [-0.39, 0.29) is 17.9 Å². The number of pyridine rings is 1. The van der Waals surface area contributed by atoms with Crippen LogP contribution in [0.15, 0.2) is 12.1 Å². The van der Waals surface area contributed by atoms with Crippen molar-refractivity contribution >= 4 is 11.8 Å². The van der Waals surface area contributed by atoms with Gasteiger partial charge in [-0.2, -0.15) is 0 Å². The third-order valence-corrected chi connectivity index (χ3v) is 2.85. The van der Waals surface area contributed by atoms with E-state index in [4.69, 9.17) is 5.11 Å². The molecule has 0 spiro atoms. The zero-order chi connectivity index (χ0) is 15.6. The van der Waals surface area contributed by atoms with Gasteiger partial charge in [0.1, 0.15) is 11.4 Å². The predicted octanol–water partition coefficient (Wildman–Crippen LogP) is 0.861. The van der Waals surface area contributed by atoms with Crippen molar-refractivity contribution in [2.45, 2.75) is 13.5 Å². The number of rotatable bonds is 4. The molecule has 2 aromatic heterocycles. The van der Waals surface area contributed by atoms with Crippen molar-refractivity contribution in [3.8, 4) is 11.4 Å². The number of aryl methyl sites for hydroxylation is 2. The molecule has 110 valence electrons. The maximum atomic E-state index is 10.8. The highest BCUT2D eigenvalue weighted by molar-refractivity contribution is 5.65. The maximum Gasteiger partial charge on any atom is 0.404 e. The number of nitrogens with zero attached hydrogens (tertiary/aromatic N) is 5. The second-order valence-electron chi connectivity index (χ2n) is 4.23. The smallest absolute Gasteiger partial charge is 0.404 e. The Labute approximate surface area is 118 Å². The van der Waals surface area contributed by atoms with Crippen molar-refractivity contribution in [1.29, 1.82) is 0 Å².